The van der Waals surface area contributed by atoms with E-state index in [-0.39, 0.29) is 30.3 Å². The molecule has 4 saturated carbocycles. The second kappa shape index (κ2) is 12.2. The molecule has 3 unspecified atom stereocenters. The number of allylic oxidation sites excluding steroid dienone is 4. The predicted molar refractivity (Wildman–Crippen MR) is 183 cm³/mol. The van der Waals surface area contributed by atoms with Crippen molar-refractivity contribution in [1.29, 1.82) is 0 Å². The van der Waals surface area contributed by atoms with Crippen LogP contribution in [-0.4, -0.2) is 102 Å². The highest BCUT2D eigenvalue weighted by molar-refractivity contribution is 7.83. The van der Waals surface area contributed by atoms with E-state index in [2.05, 4.69) is 0 Å². The van der Waals surface area contributed by atoms with Gasteiger partial charge < -0.3 is 24.8 Å². The van der Waals surface area contributed by atoms with Gasteiger partial charge in [0.05, 0.1) is 57.4 Å². The van der Waals surface area contributed by atoms with Crippen molar-refractivity contribution in [2.24, 2.45) is 23.2 Å². The van der Waals surface area contributed by atoms with Crippen LogP contribution in [0.3, 0.4) is 0 Å². The molecule has 3 N–H and O–H groups in total. The van der Waals surface area contributed by atoms with E-state index in [1.807, 2.05) is 6.08 Å². The molecule has 5 aliphatic rings. The summed E-state index contributed by atoms with van der Waals surface area (Å²) in [5, 5.41) is 31.0. The molecule has 7 nitrogen and oxygen atoms in total. The highest BCUT2D eigenvalue weighted by Gasteiger charge is 2.72. The summed E-state index contributed by atoms with van der Waals surface area (Å²) in [6, 6.07) is 0. The summed E-state index contributed by atoms with van der Waals surface area (Å²) in [5.41, 5.74) is -0.283. The molecule has 0 spiro atoms. The van der Waals surface area contributed by atoms with Gasteiger partial charge in [-0.2, -0.15) is 12.6 Å². The Bertz CT molecular complexity index is 1360. The van der Waals surface area contributed by atoms with E-state index in [9.17, 15) is 24.9 Å². The van der Waals surface area contributed by atoms with Crippen molar-refractivity contribution in [2.75, 3.05) is 6.61 Å². The first-order valence-electron chi connectivity index (χ1n) is 16.4. The molecule has 5 aliphatic carbocycles. The summed E-state index contributed by atoms with van der Waals surface area (Å²) in [6.07, 6.45) is 2.83. The van der Waals surface area contributed by atoms with E-state index in [1.54, 1.807) is 39.8 Å². The molecule has 0 amide bonds. The van der Waals surface area contributed by atoms with Gasteiger partial charge >= 0.3 is 11.9 Å². The zero-order valence-corrected chi connectivity index (χ0v) is 28.2. The van der Waals surface area contributed by atoms with Crippen LogP contribution in [0.2, 0.25) is 21.8 Å². The molecule has 238 valence electrons. The lowest BCUT2D eigenvalue weighted by molar-refractivity contribution is -0.225. The fourth-order valence-corrected chi connectivity index (χ4v) is 10.1. The molecule has 0 bridgehead atoms. The topological polar surface area (TPSA) is 113 Å². The Labute approximate surface area is 285 Å². The molecule has 10 radical (unpaired) electrons. The Morgan fingerprint density at radius 3 is 2.13 bits per heavy atom. The van der Waals surface area contributed by atoms with Gasteiger partial charge in [-0.3, -0.25) is 0 Å². The van der Waals surface area contributed by atoms with Crippen LogP contribution in [0.15, 0.2) is 34.9 Å². The molecule has 46 heavy (non-hydrogen) atoms. The largest absolute Gasteiger partial charge is 0.454 e. The van der Waals surface area contributed by atoms with Gasteiger partial charge in [0.2, 0.25) is 0 Å². The summed E-state index contributed by atoms with van der Waals surface area (Å²) in [7, 11) is 35.4. The smallest absolute Gasteiger partial charge is 0.333 e. The number of fused-ring (bicyclic) bond motifs is 7. The Kier molecular flexibility index (Phi) is 9.58. The fourth-order valence-electron chi connectivity index (χ4n) is 9.75. The number of thiol groups is 1. The molecule has 13 heteroatoms. The van der Waals surface area contributed by atoms with Gasteiger partial charge in [-0.1, -0.05) is 53.7 Å². The lowest BCUT2D eigenvalue weighted by Gasteiger charge is -2.72. The number of carbonyl (C=O) groups is 2. The molecule has 13 atom stereocenters. The number of hydrogen-bond donors (Lipinski definition) is 4. The van der Waals surface area contributed by atoms with Crippen LogP contribution in [0.1, 0.15) is 72.6 Å². The van der Waals surface area contributed by atoms with Crippen LogP contribution in [0.25, 0.3) is 0 Å². The fraction of sp³-hybridized carbons (Fsp3) is 0.758. The van der Waals surface area contributed by atoms with Gasteiger partial charge in [0.15, 0.2) is 6.10 Å². The van der Waals surface area contributed by atoms with E-state index in [0.717, 1.165) is 0 Å². The molecule has 0 aliphatic heterocycles. The van der Waals surface area contributed by atoms with Gasteiger partial charge in [0.25, 0.3) is 0 Å². The second-order valence-corrected chi connectivity index (χ2v) is 15.6. The minimum Gasteiger partial charge on any atom is -0.454 e. The standard InChI is InChI=1S/C33H43B5O7S/c1-5-16(3)27(42)44-25-26(45-28(43)17(4)6-2)33(38,46)13-20-18-7-8-22-30(35)11-10-21(40)24(34)19(30)9-12-31(22,36)32(18,37)14-23(41)29(20,25)15-39/h5-7,19-26,39-41,46H,8-15H2,1-4H3/b16-5-,17-6-/t19?,20?,21-,22?,23+,24+,25-,26-,29-,30+,31-,32-,33+/m0/s1. The third-order valence-electron chi connectivity index (χ3n) is 12.8. The highest BCUT2D eigenvalue weighted by atomic mass is 32.1. The van der Waals surface area contributed by atoms with Crippen molar-refractivity contribution >= 4 is 63.8 Å². The minimum atomic E-state index is -1.57. The Morgan fingerprint density at radius 2 is 1.57 bits per heavy atom. The summed E-state index contributed by atoms with van der Waals surface area (Å²) in [4.78, 5) is 26.5. The zero-order chi connectivity index (χ0) is 34.2. The Morgan fingerprint density at radius 1 is 0.978 bits per heavy atom. The highest BCUT2D eigenvalue weighted by Crippen LogP contribution is 2.80. The van der Waals surface area contributed by atoms with Gasteiger partial charge in [-0.05, 0) is 82.3 Å². The van der Waals surface area contributed by atoms with Crippen LogP contribution in [0.5, 0.6) is 0 Å². The molecule has 0 saturated heterocycles. The van der Waals surface area contributed by atoms with E-state index < -0.39 is 80.7 Å². The second-order valence-electron chi connectivity index (χ2n) is 14.7. The van der Waals surface area contributed by atoms with Crippen molar-refractivity contribution in [2.45, 2.75) is 123 Å². The quantitative estimate of drug-likeness (QED) is 0.121. The number of ether oxygens (including phenoxy) is 2. The number of rotatable bonds is 5. The van der Waals surface area contributed by atoms with Crippen LogP contribution in [-0.2, 0) is 19.1 Å². The maximum atomic E-state index is 13.3. The number of aliphatic hydroxyl groups is 3. The summed E-state index contributed by atoms with van der Waals surface area (Å²) in [6.45, 7) is 5.90. The molecule has 0 aromatic rings. The van der Waals surface area contributed by atoms with Gasteiger partial charge in [-0.25, -0.2) is 9.59 Å². The first-order valence-corrected chi connectivity index (χ1v) is 16.8. The lowest BCUT2D eigenvalue weighted by atomic mass is 9.22. The molecule has 4 fully saturated rings. The van der Waals surface area contributed by atoms with Crippen LogP contribution in [0, 0.1) is 23.2 Å². The zero-order valence-electron chi connectivity index (χ0n) is 27.3. The number of carbonyl (C=O) groups excluding carboxylic acids is 2. The summed E-state index contributed by atoms with van der Waals surface area (Å²) in [5.74, 6) is -3.09. The molecule has 0 heterocycles. The van der Waals surface area contributed by atoms with Gasteiger partial charge in [0.1, 0.15) is 6.10 Å². The summed E-state index contributed by atoms with van der Waals surface area (Å²) >= 11 is 4.81. The Hall–Kier alpha value is -1.29. The monoisotopic (exact) mass is 638 g/mol. The lowest BCUT2D eigenvalue weighted by Crippen LogP contribution is -2.72. The Balaban J connectivity index is 1.65. The van der Waals surface area contributed by atoms with Crippen molar-refractivity contribution in [3.8, 4) is 0 Å². The molecule has 5 rings (SSSR count). The molecular formula is C33H43B5O7S. The van der Waals surface area contributed by atoms with Crippen LogP contribution >= 0.6 is 12.6 Å². The minimum absolute atomic E-state index is 0.0240. The number of hydrogen-bond acceptors (Lipinski definition) is 8. The van der Waals surface area contributed by atoms with Crippen LogP contribution in [0.4, 0.5) is 0 Å². The molecule has 0 aromatic heterocycles. The maximum absolute atomic E-state index is 13.3. The third kappa shape index (κ3) is 5.02. The maximum Gasteiger partial charge on any atom is 0.333 e. The van der Waals surface area contributed by atoms with E-state index in [0.29, 0.717) is 43.3 Å². The number of esters is 2. The van der Waals surface area contributed by atoms with Crippen LogP contribution < -0.4 is 0 Å². The van der Waals surface area contributed by atoms with Crippen molar-refractivity contribution in [1.82, 2.24) is 0 Å². The average molecular weight is 638 g/mol. The first kappa shape index (κ1) is 36.0. The SMILES string of the molecule is [B][C@@H]1C2CC[C@]3([B])C(CC=C4C5C[C@@]([B])(S)[C@@H](OC(=O)/C(C)=C\C)[C@H](OC(=O)/C(C)=C\C)[C@]5(CO)[C@H](O)C[C@]43[B])[C@@]2([B])CC[C@@H]1O. The van der Waals surface area contributed by atoms with E-state index in [4.69, 9.17) is 61.3 Å². The van der Waals surface area contributed by atoms with Crippen molar-refractivity contribution in [3.63, 3.8) is 0 Å². The summed E-state index contributed by atoms with van der Waals surface area (Å²) < 4.78 is 10.4. The van der Waals surface area contributed by atoms with E-state index >= 15 is 0 Å². The van der Waals surface area contributed by atoms with E-state index in [1.165, 1.54) is 0 Å². The average Bonchev–Trinajstić information content (AvgIpc) is 3.00. The van der Waals surface area contributed by atoms with Gasteiger partial charge in [-0.15, -0.1) is 0 Å². The van der Waals surface area contributed by atoms with Gasteiger partial charge in [0, 0.05) is 21.9 Å². The number of aliphatic hydroxyl groups excluding tert-OH is 3. The predicted octanol–water partition coefficient (Wildman–Crippen LogP) is 2.75. The molecular weight excluding hydrogens is 594 g/mol. The third-order valence-corrected chi connectivity index (χ3v) is 13.2. The van der Waals surface area contributed by atoms with Crippen molar-refractivity contribution in [3.05, 3.63) is 34.9 Å². The first-order chi connectivity index (χ1) is 21.4. The molecule has 0 aromatic carbocycles. The normalized spacial score (nSPS) is 48.9. The van der Waals surface area contributed by atoms with Crippen molar-refractivity contribution < 1.29 is 34.4 Å².